The molecule has 3 heteroatoms. The third-order valence-electron chi connectivity index (χ3n) is 1.83. The van der Waals surface area contributed by atoms with Gasteiger partial charge in [-0.25, -0.2) is 4.98 Å². The molecule has 0 aliphatic heterocycles. The first-order chi connectivity index (χ1) is 6.90. The summed E-state index contributed by atoms with van der Waals surface area (Å²) >= 11 is 1.63. The number of imidazole rings is 1. The Kier molecular flexibility index (Phi) is 2.76. The molecule has 0 aliphatic carbocycles. The van der Waals surface area contributed by atoms with Crippen LogP contribution in [-0.2, 0) is 0 Å². The van der Waals surface area contributed by atoms with Crippen molar-refractivity contribution in [2.45, 2.75) is 12.1 Å². The second-order valence-electron chi connectivity index (χ2n) is 2.77. The number of hydrogen-bond acceptors (Lipinski definition) is 2. The largest absolute Gasteiger partial charge is 0.333 e. The topological polar surface area (TPSA) is 28.7 Å². The molecule has 1 heterocycles. The van der Waals surface area contributed by atoms with E-state index in [1.165, 1.54) is 0 Å². The molecule has 0 bridgehead atoms. The standard InChI is InChI=1S/C11H10N2S/c1-2-3-8-14-11-12-9-6-4-5-7-10(9)13-11/h4-7H,8H2,1H3,(H,12,13). The molecule has 2 rings (SSSR count). The summed E-state index contributed by atoms with van der Waals surface area (Å²) in [6.45, 7) is 1.85. The van der Waals surface area contributed by atoms with Crippen LogP contribution in [0.3, 0.4) is 0 Å². The van der Waals surface area contributed by atoms with Crippen LogP contribution in [0.2, 0.25) is 0 Å². The molecule has 0 radical (unpaired) electrons. The van der Waals surface area contributed by atoms with E-state index in [0.717, 1.165) is 21.9 Å². The number of rotatable bonds is 2. The summed E-state index contributed by atoms with van der Waals surface area (Å²) in [5.74, 6) is 6.64. The maximum absolute atomic E-state index is 4.42. The number of fused-ring (bicyclic) bond motifs is 1. The average molecular weight is 202 g/mol. The van der Waals surface area contributed by atoms with Gasteiger partial charge in [-0.05, 0) is 19.1 Å². The Morgan fingerprint density at radius 1 is 1.43 bits per heavy atom. The summed E-state index contributed by atoms with van der Waals surface area (Å²) in [7, 11) is 0. The monoisotopic (exact) mass is 202 g/mol. The molecule has 14 heavy (non-hydrogen) atoms. The number of aromatic amines is 1. The van der Waals surface area contributed by atoms with Gasteiger partial charge in [-0.15, -0.1) is 5.92 Å². The van der Waals surface area contributed by atoms with Crippen LogP contribution in [0.5, 0.6) is 0 Å². The molecule has 0 saturated heterocycles. The Labute approximate surface area is 87.1 Å². The SMILES string of the molecule is CC#CCSc1nc2ccccc2[nH]1. The molecule has 0 amide bonds. The maximum Gasteiger partial charge on any atom is 0.167 e. The number of hydrogen-bond donors (Lipinski definition) is 1. The molecule has 70 valence electrons. The molecule has 2 nitrogen and oxygen atoms in total. The van der Waals surface area contributed by atoms with Crippen molar-refractivity contribution < 1.29 is 0 Å². The number of thioether (sulfide) groups is 1. The maximum atomic E-state index is 4.42. The summed E-state index contributed by atoms with van der Waals surface area (Å²) in [5, 5.41) is 0.939. The minimum absolute atomic E-state index is 0.788. The Morgan fingerprint density at radius 3 is 3.07 bits per heavy atom. The van der Waals surface area contributed by atoms with Crippen molar-refractivity contribution in [3.8, 4) is 11.8 Å². The normalized spacial score (nSPS) is 9.79. The second-order valence-corrected chi connectivity index (χ2v) is 3.74. The van der Waals surface area contributed by atoms with Gasteiger partial charge in [-0.1, -0.05) is 29.8 Å². The fourth-order valence-corrected chi connectivity index (χ4v) is 1.87. The summed E-state index contributed by atoms with van der Waals surface area (Å²) in [6, 6.07) is 8.02. The van der Waals surface area contributed by atoms with Gasteiger partial charge in [0.1, 0.15) is 0 Å². The van der Waals surface area contributed by atoms with Crippen LogP contribution in [0, 0.1) is 11.8 Å². The first-order valence-electron chi connectivity index (χ1n) is 4.37. The summed E-state index contributed by atoms with van der Waals surface area (Å²) < 4.78 is 0. The summed E-state index contributed by atoms with van der Waals surface area (Å²) in [5.41, 5.74) is 2.10. The highest BCUT2D eigenvalue weighted by Crippen LogP contribution is 2.18. The van der Waals surface area contributed by atoms with Crippen molar-refractivity contribution in [2.24, 2.45) is 0 Å². The van der Waals surface area contributed by atoms with Gasteiger partial charge in [0, 0.05) is 0 Å². The highest BCUT2D eigenvalue weighted by Gasteiger charge is 2.00. The van der Waals surface area contributed by atoms with Gasteiger partial charge in [-0.2, -0.15) is 0 Å². The van der Waals surface area contributed by atoms with Crippen molar-refractivity contribution in [1.82, 2.24) is 9.97 Å². The van der Waals surface area contributed by atoms with Gasteiger partial charge >= 0.3 is 0 Å². The van der Waals surface area contributed by atoms with Crippen LogP contribution in [0.15, 0.2) is 29.4 Å². The van der Waals surface area contributed by atoms with E-state index in [0.29, 0.717) is 0 Å². The van der Waals surface area contributed by atoms with Gasteiger partial charge in [-0.3, -0.25) is 0 Å². The molecular formula is C11H10N2S. The predicted octanol–water partition coefficient (Wildman–Crippen LogP) is 2.68. The van der Waals surface area contributed by atoms with E-state index in [9.17, 15) is 0 Å². The fourth-order valence-electron chi connectivity index (χ4n) is 1.17. The smallest absolute Gasteiger partial charge is 0.167 e. The molecule has 0 unspecified atom stereocenters. The molecule has 1 aromatic heterocycles. The van der Waals surface area contributed by atoms with E-state index >= 15 is 0 Å². The van der Waals surface area contributed by atoms with E-state index in [2.05, 4.69) is 21.8 Å². The van der Waals surface area contributed by atoms with Crippen LogP contribution >= 0.6 is 11.8 Å². The van der Waals surface area contributed by atoms with Gasteiger partial charge < -0.3 is 4.98 Å². The average Bonchev–Trinajstić information content (AvgIpc) is 2.60. The van der Waals surface area contributed by atoms with Crippen molar-refractivity contribution in [1.29, 1.82) is 0 Å². The van der Waals surface area contributed by atoms with Gasteiger partial charge in [0.25, 0.3) is 0 Å². The van der Waals surface area contributed by atoms with Crippen molar-refractivity contribution in [3.05, 3.63) is 24.3 Å². The van der Waals surface area contributed by atoms with Crippen molar-refractivity contribution >= 4 is 22.8 Å². The lowest BCUT2D eigenvalue weighted by Gasteiger charge is -1.86. The van der Waals surface area contributed by atoms with E-state index in [4.69, 9.17) is 0 Å². The number of nitrogens with one attached hydrogen (secondary N) is 1. The number of benzene rings is 1. The molecule has 0 fully saturated rings. The number of nitrogens with zero attached hydrogens (tertiary/aromatic N) is 1. The predicted molar refractivity (Wildman–Crippen MR) is 60.3 cm³/mol. The Hall–Kier alpha value is -1.40. The Morgan fingerprint density at radius 2 is 2.29 bits per heavy atom. The van der Waals surface area contributed by atoms with E-state index in [1.807, 2.05) is 31.2 Å². The Balaban J connectivity index is 2.21. The third kappa shape index (κ3) is 1.91. The number of aromatic nitrogens is 2. The molecule has 0 saturated carbocycles. The molecule has 1 N–H and O–H groups in total. The first kappa shape index (κ1) is 9.17. The molecule has 0 atom stereocenters. The molecular weight excluding hydrogens is 192 g/mol. The van der Waals surface area contributed by atoms with Crippen LogP contribution in [0.1, 0.15) is 6.92 Å². The lowest BCUT2D eigenvalue weighted by Crippen LogP contribution is -1.75. The number of para-hydroxylation sites is 2. The van der Waals surface area contributed by atoms with Crippen molar-refractivity contribution in [3.63, 3.8) is 0 Å². The zero-order valence-corrected chi connectivity index (χ0v) is 8.69. The molecule has 1 aromatic carbocycles. The van der Waals surface area contributed by atoms with Crippen LogP contribution < -0.4 is 0 Å². The zero-order valence-electron chi connectivity index (χ0n) is 7.87. The highest BCUT2D eigenvalue weighted by molar-refractivity contribution is 7.99. The van der Waals surface area contributed by atoms with Crippen molar-refractivity contribution in [2.75, 3.05) is 5.75 Å². The lowest BCUT2D eigenvalue weighted by molar-refractivity contribution is 1.08. The molecule has 0 spiro atoms. The van der Waals surface area contributed by atoms with E-state index < -0.39 is 0 Å². The lowest BCUT2D eigenvalue weighted by atomic mass is 10.3. The van der Waals surface area contributed by atoms with Gasteiger partial charge in [0.05, 0.1) is 16.8 Å². The molecule has 2 aromatic rings. The van der Waals surface area contributed by atoms with Gasteiger partial charge in [0.2, 0.25) is 0 Å². The highest BCUT2D eigenvalue weighted by atomic mass is 32.2. The second kappa shape index (κ2) is 4.21. The third-order valence-corrected chi connectivity index (χ3v) is 2.58. The Bertz CT molecular complexity index is 457. The number of H-pyrrole nitrogens is 1. The summed E-state index contributed by atoms with van der Waals surface area (Å²) in [4.78, 5) is 7.66. The minimum Gasteiger partial charge on any atom is -0.333 e. The van der Waals surface area contributed by atoms with Crippen LogP contribution in [-0.4, -0.2) is 15.7 Å². The molecule has 0 aliphatic rings. The van der Waals surface area contributed by atoms with Gasteiger partial charge in [0.15, 0.2) is 5.16 Å². The zero-order chi connectivity index (χ0) is 9.80. The van der Waals surface area contributed by atoms with Crippen LogP contribution in [0.25, 0.3) is 11.0 Å². The van der Waals surface area contributed by atoms with E-state index in [-0.39, 0.29) is 0 Å². The van der Waals surface area contributed by atoms with Crippen LogP contribution in [0.4, 0.5) is 0 Å². The summed E-state index contributed by atoms with van der Waals surface area (Å²) in [6.07, 6.45) is 0. The van der Waals surface area contributed by atoms with E-state index in [1.54, 1.807) is 11.8 Å². The first-order valence-corrected chi connectivity index (χ1v) is 5.36. The minimum atomic E-state index is 0.788. The fraction of sp³-hybridized carbons (Fsp3) is 0.182. The quantitative estimate of drug-likeness (QED) is 0.599.